The van der Waals surface area contributed by atoms with Gasteiger partial charge in [0.2, 0.25) is 11.8 Å². The molecule has 0 aromatic heterocycles. The number of aromatic hydroxyl groups is 1. The van der Waals surface area contributed by atoms with Gasteiger partial charge in [-0.25, -0.2) is 0 Å². The minimum atomic E-state index is -0.195. The molecule has 0 aliphatic carbocycles. The summed E-state index contributed by atoms with van der Waals surface area (Å²) in [4.78, 5) is 25.0. The number of hydrogen-bond donors (Lipinski definition) is 2. The van der Waals surface area contributed by atoms with Gasteiger partial charge in [-0.15, -0.1) is 0 Å². The highest BCUT2D eigenvalue weighted by atomic mass is 16.3. The van der Waals surface area contributed by atoms with Crippen molar-refractivity contribution >= 4 is 11.8 Å². The molecule has 0 aliphatic rings. The van der Waals surface area contributed by atoms with Gasteiger partial charge in [-0.3, -0.25) is 9.59 Å². The number of hydrogen-bond acceptors (Lipinski definition) is 3. The molecule has 0 saturated heterocycles. The Morgan fingerprint density at radius 1 is 1.32 bits per heavy atom. The van der Waals surface area contributed by atoms with E-state index in [0.29, 0.717) is 12.1 Å². The van der Waals surface area contributed by atoms with Gasteiger partial charge in [0, 0.05) is 19.2 Å². The molecule has 0 saturated carbocycles. The molecule has 19 heavy (non-hydrogen) atoms. The van der Waals surface area contributed by atoms with Gasteiger partial charge in [-0.2, -0.15) is 0 Å². The summed E-state index contributed by atoms with van der Waals surface area (Å²) in [5.41, 5.74) is 0.575. The van der Waals surface area contributed by atoms with Crippen LogP contribution in [0.2, 0.25) is 0 Å². The molecule has 2 amide bonds. The molecular formula is C14H20N2O3. The van der Waals surface area contributed by atoms with Crippen LogP contribution in [-0.2, 0) is 16.0 Å². The van der Waals surface area contributed by atoms with E-state index in [-0.39, 0.29) is 30.5 Å². The Balaban J connectivity index is 2.72. The minimum Gasteiger partial charge on any atom is -0.508 e. The molecule has 1 rings (SSSR count). The van der Waals surface area contributed by atoms with Crippen molar-refractivity contribution in [3.05, 3.63) is 29.8 Å². The Morgan fingerprint density at radius 2 is 2.00 bits per heavy atom. The van der Waals surface area contributed by atoms with E-state index in [9.17, 15) is 14.7 Å². The molecule has 0 aliphatic heterocycles. The highest BCUT2D eigenvalue weighted by molar-refractivity contribution is 5.86. The first kappa shape index (κ1) is 15.0. The highest BCUT2D eigenvalue weighted by Crippen LogP contribution is 2.16. The van der Waals surface area contributed by atoms with Gasteiger partial charge in [0.25, 0.3) is 0 Å². The number of phenols is 1. The molecule has 0 atom stereocenters. The number of carbonyl (C=O) groups is 2. The number of carbonyl (C=O) groups excluding carboxylic acids is 2. The average Bonchev–Trinajstić information content (AvgIpc) is 2.40. The van der Waals surface area contributed by atoms with Crippen LogP contribution in [-0.4, -0.2) is 42.0 Å². The summed E-state index contributed by atoms with van der Waals surface area (Å²) in [5, 5.41) is 12.2. The van der Waals surface area contributed by atoms with Crippen LogP contribution >= 0.6 is 0 Å². The number of amides is 2. The Labute approximate surface area is 113 Å². The van der Waals surface area contributed by atoms with Crippen molar-refractivity contribution in [1.29, 1.82) is 0 Å². The van der Waals surface area contributed by atoms with E-state index in [2.05, 4.69) is 5.32 Å². The first-order chi connectivity index (χ1) is 9.08. The molecule has 0 fully saturated rings. The molecule has 0 bridgehead atoms. The first-order valence-corrected chi connectivity index (χ1v) is 6.33. The third-order valence-electron chi connectivity index (χ3n) is 2.79. The lowest BCUT2D eigenvalue weighted by molar-refractivity contribution is -0.135. The number of phenolic OH excluding ortho intramolecular Hbond substituents is 1. The molecule has 0 radical (unpaired) electrons. The van der Waals surface area contributed by atoms with Crippen LogP contribution in [0.3, 0.4) is 0 Å². The molecule has 0 spiro atoms. The van der Waals surface area contributed by atoms with E-state index in [4.69, 9.17) is 0 Å². The quantitative estimate of drug-likeness (QED) is 0.802. The number of likely N-dealkylation sites (N-methyl/N-ethyl adjacent to an activating group) is 1. The first-order valence-electron chi connectivity index (χ1n) is 6.33. The molecule has 2 N–H and O–H groups in total. The van der Waals surface area contributed by atoms with Gasteiger partial charge in [-0.1, -0.05) is 25.1 Å². The molecule has 5 heteroatoms. The highest BCUT2D eigenvalue weighted by Gasteiger charge is 2.17. The predicted molar refractivity (Wildman–Crippen MR) is 72.7 cm³/mol. The maximum absolute atomic E-state index is 12.1. The van der Waals surface area contributed by atoms with Crippen molar-refractivity contribution < 1.29 is 14.7 Å². The standard InChI is InChI=1S/C14H20N2O3/c1-3-8-16(10-13(18)15-2)14(19)9-11-6-4-5-7-12(11)17/h4-7,17H,3,8-10H2,1-2H3,(H,15,18). The monoisotopic (exact) mass is 264 g/mol. The second-order valence-electron chi connectivity index (χ2n) is 4.29. The lowest BCUT2D eigenvalue weighted by Gasteiger charge is -2.21. The smallest absolute Gasteiger partial charge is 0.239 e. The Kier molecular flexibility index (Phi) is 5.85. The summed E-state index contributed by atoms with van der Waals surface area (Å²) in [7, 11) is 1.54. The largest absolute Gasteiger partial charge is 0.508 e. The van der Waals surface area contributed by atoms with Crippen molar-refractivity contribution in [2.75, 3.05) is 20.1 Å². The topological polar surface area (TPSA) is 69.6 Å². The summed E-state index contributed by atoms with van der Waals surface area (Å²) in [6, 6.07) is 6.73. The van der Waals surface area contributed by atoms with Gasteiger partial charge in [0.15, 0.2) is 0 Å². The Morgan fingerprint density at radius 3 is 2.58 bits per heavy atom. The number of benzene rings is 1. The fourth-order valence-electron chi connectivity index (χ4n) is 1.75. The number of rotatable bonds is 6. The van der Waals surface area contributed by atoms with Crippen molar-refractivity contribution in [1.82, 2.24) is 10.2 Å². The van der Waals surface area contributed by atoms with Gasteiger partial charge in [0.05, 0.1) is 13.0 Å². The molecule has 0 unspecified atom stereocenters. The van der Waals surface area contributed by atoms with Gasteiger partial charge in [-0.05, 0) is 12.5 Å². The van der Waals surface area contributed by atoms with Gasteiger partial charge >= 0.3 is 0 Å². The summed E-state index contributed by atoms with van der Waals surface area (Å²) >= 11 is 0. The molecule has 1 aromatic carbocycles. The fraction of sp³-hybridized carbons (Fsp3) is 0.429. The Bertz CT molecular complexity index is 446. The molecule has 104 valence electrons. The third kappa shape index (κ3) is 4.62. The molecular weight excluding hydrogens is 244 g/mol. The SMILES string of the molecule is CCCN(CC(=O)NC)C(=O)Cc1ccccc1O. The van der Waals surface area contributed by atoms with Crippen LogP contribution in [0.25, 0.3) is 0 Å². The predicted octanol–water partition coefficient (Wildman–Crippen LogP) is 0.919. The second-order valence-corrected chi connectivity index (χ2v) is 4.29. The molecule has 0 heterocycles. The normalized spacial score (nSPS) is 10.0. The summed E-state index contributed by atoms with van der Waals surface area (Å²) in [6.45, 7) is 2.53. The third-order valence-corrected chi connectivity index (χ3v) is 2.79. The summed E-state index contributed by atoms with van der Waals surface area (Å²) < 4.78 is 0. The van der Waals surface area contributed by atoms with Gasteiger partial charge < -0.3 is 15.3 Å². The van der Waals surface area contributed by atoms with Gasteiger partial charge in [0.1, 0.15) is 5.75 Å². The summed E-state index contributed by atoms with van der Waals surface area (Å²) in [6.07, 6.45) is 0.882. The second kappa shape index (κ2) is 7.41. The van der Waals surface area contributed by atoms with E-state index in [1.807, 2.05) is 6.92 Å². The summed E-state index contributed by atoms with van der Waals surface area (Å²) in [5.74, 6) is -0.252. The van der Waals surface area contributed by atoms with E-state index in [1.54, 1.807) is 31.3 Å². The fourth-order valence-corrected chi connectivity index (χ4v) is 1.75. The van der Waals surface area contributed by atoms with Crippen molar-refractivity contribution in [2.45, 2.75) is 19.8 Å². The average molecular weight is 264 g/mol. The van der Waals surface area contributed by atoms with E-state index in [1.165, 1.54) is 4.90 Å². The van der Waals surface area contributed by atoms with Crippen LogP contribution in [0.5, 0.6) is 5.75 Å². The molecule has 1 aromatic rings. The molecule has 5 nitrogen and oxygen atoms in total. The lowest BCUT2D eigenvalue weighted by atomic mass is 10.1. The van der Waals surface area contributed by atoms with Crippen LogP contribution < -0.4 is 5.32 Å². The maximum atomic E-state index is 12.1. The van der Waals surface area contributed by atoms with Crippen molar-refractivity contribution in [3.63, 3.8) is 0 Å². The maximum Gasteiger partial charge on any atom is 0.239 e. The van der Waals surface area contributed by atoms with Crippen molar-refractivity contribution in [3.8, 4) is 5.75 Å². The number of nitrogens with one attached hydrogen (secondary N) is 1. The number of nitrogens with zero attached hydrogens (tertiary/aromatic N) is 1. The van der Waals surface area contributed by atoms with E-state index < -0.39 is 0 Å². The zero-order valence-electron chi connectivity index (χ0n) is 11.3. The lowest BCUT2D eigenvalue weighted by Crippen LogP contribution is -2.40. The van der Waals surface area contributed by atoms with E-state index in [0.717, 1.165) is 6.42 Å². The zero-order valence-corrected chi connectivity index (χ0v) is 11.3. The van der Waals surface area contributed by atoms with Crippen LogP contribution in [0.15, 0.2) is 24.3 Å². The van der Waals surface area contributed by atoms with Crippen LogP contribution in [0.4, 0.5) is 0 Å². The van der Waals surface area contributed by atoms with Crippen molar-refractivity contribution in [2.24, 2.45) is 0 Å². The Hall–Kier alpha value is -2.04. The van der Waals surface area contributed by atoms with Crippen LogP contribution in [0, 0.1) is 0 Å². The van der Waals surface area contributed by atoms with Crippen LogP contribution in [0.1, 0.15) is 18.9 Å². The number of para-hydroxylation sites is 1. The van der Waals surface area contributed by atoms with E-state index >= 15 is 0 Å². The zero-order chi connectivity index (χ0) is 14.3. The minimum absolute atomic E-state index is 0.0524.